The summed E-state index contributed by atoms with van der Waals surface area (Å²) in [6, 6.07) is 15.2. The van der Waals surface area contributed by atoms with Crippen LogP contribution in [0.4, 0.5) is 5.69 Å². The predicted octanol–water partition coefficient (Wildman–Crippen LogP) is 2.47. The van der Waals surface area contributed by atoms with Crippen molar-refractivity contribution in [3.63, 3.8) is 0 Å². The number of aromatic nitrogens is 2. The molecule has 0 fully saturated rings. The molecule has 8 heteroatoms. The van der Waals surface area contributed by atoms with E-state index in [9.17, 15) is 9.59 Å². The maximum absolute atomic E-state index is 12.2. The fourth-order valence-electron chi connectivity index (χ4n) is 2.72. The standard InChI is InChI=1S/C20H22N4O3S/c1-21-17-5-3-2-4-14(17)11-13-27-16-8-6-15(7-9-16)19(25)22-12-10-18-23-24-20(26)28-18/h2-9,21H,10-13H2,1H3,(H,22,25)(H,24,26). The molecule has 0 saturated carbocycles. The van der Waals surface area contributed by atoms with Crippen LogP contribution >= 0.6 is 11.3 Å². The molecule has 1 aromatic heterocycles. The first kappa shape index (κ1) is 19.6. The van der Waals surface area contributed by atoms with Gasteiger partial charge in [-0.15, -0.1) is 0 Å². The number of hydrogen-bond donors (Lipinski definition) is 3. The van der Waals surface area contributed by atoms with E-state index in [4.69, 9.17) is 4.74 Å². The van der Waals surface area contributed by atoms with E-state index in [0.29, 0.717) is 30.1 Å². The first-order chi connectivity index (χ1) is 13.7. The Morgan fingerprint density at radius 1 is 1.14 bits per heavy atom. The predicted molar refractivity (Wildman–Crippen MR) is 110 cm³/mol. The minimum absolute atomic E-state index is 0.169. The minimum Gasteiger partial charge on any atom is -0.493 e. The summed E-state index contributed by atoms with van der Waals surface area (Å²) in [4.78, 5) is 23.0. The molecule has 0 spiro atoms. The lowest BCUT2D eigenvalue weighted by Crippen LogP contribution is -2.25. The molecule has 0 radical (unpaired) electrons. The van der Waals surface area contributed by atoms with Gasteiger partial charge in [-0.25, -0.2) is 5.10 Å². The number of amides is 1. The van der Waals surface area contributed by atoms with Crippen molar-refractivity contribution in [3.8, 4) is 5.75 Å². The Morgan fingerprint density at radius 2 is 1.93 bits per heavy atom. The summed E-state index contributed by atoms with van der Waals surface area (Å²) in [6.07, 6.45) is 1.31. The average molecular weight is 398 g/mol. The maximum Gasteiger partial charge on any atom is 0.322 e. The van der Waals surface area contributed by atoms with Gasteiger partial charge in [0.15, 0.2) is 0 Å². The zero-order chi connectivity index (χ0) is 19.8. The van der Waals surface area contributed by atoms with E-state index < -0.39 is 0 Å². The van der Waals surface area contributed by atoms with Crippen molar-refractivity contribution in [1.82, 2.24) is 15.5 Å². The topological polar surface area (TPSA) is 96.1 Å². The van der Waals surface area contributed by atoms with E-state index in [0.717, 1.165) is 29.2 Å². The van der Waals surface area contributed by atoms with Crippen molar-refractivity contribution in [2.75, 3.05) is 25.5 Å². The van der Waals surface area contributed by atoms with Crippen molar-refractivity contribution < 1.29 is 9.53 Å². The zero-order valence-corrected chi connectivity index (χ0v) is 16.3. The third-order valence-electron chi connectivity index (χ3n) is 4.15. The Hall–Kier alpha value is -3.13. The van der Waals surface area contributed by atoms with Gasteiger partial charge in [-0.2, -0.15) is 5.10 Å². The quantitative estimate of drug-likeness (QED) is 0.515. The summed E-state index contributed by atoms with van der Waals surface area (Å²) in [6.45, 7) is 0.972. The second-order valence-corrected chi connectivity index (χ2v) is 7.09. The van der Waals surface area contributed by atoms with Crippen LogP contribution < -0.4 is 20.2 Å². The van der Waals surface area contributed by atoms with Crippen molar-refractivity contribution in [1.29, 1.82) is 0 Å². The largest absolute Gasteiger partial charge is 0.493 e. The van der Waals surface area contributed by atoms with E-state index >= 15 is 0 Å². The lowest BCUT2D eigenvalue weighted by Gasteiger charge is -2.10. The van der Waals surface area contributed by atoms with E-state index in [1.807, 2.05) is 25.2 Å². The molecule has 2 aromatic carbocycles. The monoisotopic (exact) mass is 398 g/mol. The highest BCUT2D eigenvalue weighted by Crippen LogP contribution is 2.16. The number of benzene rings is 2. The zero-order valence-electron chi connectivity index (χ0n) is 15.5. The number of ether oxygens (including phenoxy) is 1. The van der Waals surface area contributed by atoms with E-state index in [-0.39, 0.29) is 10.8 Å². The second kappa shape index (κ2) is 9.70. The van der Waals surface area contributed by atoms with Gasteiger partial charge in [0.2, 0.25) is 0 Å². The number of para-hydroxylation sites is 1. The van der Waals surface area contributed by atoms with Gasteiger partial charge >= 0.3 is 4.87 Å². The highest BCUT2D eigenvalue weighted by molar-refractivity contribution is 7.08. The summed E-state index contributed by atoms with van der Waals surface area (Å²) in [5.41, 5.74) is 2.85. The Labute approximate surface area is 166 Å². The number of aromatic amines is 1. The van der Waals surface area contributed by atoms with Gasteiger partial charge in [0, 0.05) is 37.7 Å². The van der Waals surface area contributed by atoms with Gasteiger partial charge in [-0.1, -0.05) is 29.5 Å². The highest BCUT2D eigenvalue weighted by Gasteiger charge is 2.07. The molecule has 146 valence electrons. The van der Waals surface area contributed by atoms with Crippen molar-refractivity contribution in [3.05, 3.63) is 74.3 Å². The van der Waals surface area contributed by atoms with Crippen molar-refractivity contribution in [2.24, 2.45) is 0 Å². The molecule has 3 N–H and O–H groups in total. The van der Waals surface area contributed by atoms with Gasteiger partial charge < -0.3 is 15.4 Å². The fraction of sp³-hybridized carbons (Fsp3) is 0.250. The highest BCUT2D eigenvalue weighted by atomic mass is 32.1. The number of carbonyl (C=O) groups is 1. The van der Waals surface area contributed by atoms with Gasteiger partial charge in [0.25, 0.3) is 5.91 Å². The van der Waals surface area contributed by atoms with Gasteiger partial charge in [0.05, 0.1) is 6.61 Å². The van der Waals surface area contributed by atoms with Crippen LogP contribution in [0.5, 0.6) is 5.75 Å². The second-order valence-electron chi connectivity index (χ2n) is 6.04. The van der Waals surface area contributed by atoms with Crippen molar-refractivity contribution in [2.45, 2.75) is 12.8 Å². The Kier molecular flexibility index (Phi) is 6.80. The Bertz CT molecular complexity index is 966. The molecule has 3 rings (SSSR count). The molecule has 0 aliphatic carbocycles. The van der Waals surface area contributed by atoms with Crippen molar-refractivity contribution >= 4 is 22.9 Å². The first-order valence-corrected chi connectivity index (χ1v) is 9.78. The van der Waals surface area contributed by atoms with Crippen LogP contribution in [-0.2, 0) is 12.8 Å². The molecule has 0 aliphatic heterocycles. The number of anilines is 1. The Morgan fingerprint density at radius 3 is 2.64 bits per heavy atom. The smallest absolute Gasteiger partial charge is 0.322 e. The van der Waals surface area contributed by atoms with Crippen LogP contribution in [-0.4, -0.2) is 36.3 Å². The number of nitrogens with one attached hydrogen (secondary N) is 3. The van der Waals surface area contributed by atoms with Gasteiger partial charge in [0.1, 0.15) is 10.8 Å². The summed E-state index contributed by atoms with van der Waals surface area (Å²) in [5, 5.41) is 12.9. The average Bonchev–Trinajstić information content (AvgIpc) is 3.14. The van der Waals surface area contributed by atoms with Crippen LogP contribution in [0.1, 0.15) is 20.9 Å². The number of hydrogen-bond acceptors (Lipinski definition) is 6. The van der Waals surface area contributed by atoms with Crippen LogP contribution in [0.2, 0.25) is 0 Å². The number of rotatable bonds is 9. The first-order valence-electron chi connectivity index (χ1n) is 8.97. The third-order valence-corrected chi connectivity index (χ3v) is 4.96. The van der Waals surface area contributed by atoms with E-state index in [2.05, 4.69) is 26.9 Å². The molecule has 0 atom stereocenters. The van der Waals surface area contributed by atoms with Crippen LogP contribution in [0, 0.1) is 0 Å². The molecule has 0 bridgehead atoms. The molecule has 0 saturated heterocycles. The molecule has 1 amide bonds. The molecule has 7 nitrogen and oxygen atoms in total. The van der Waals surface area contributed by atoms with E-state index in [1.54, 1.807) is 24.3 Å². The van der Waals surface area contributed by atoms with Gasteiger partial charge in [-0.3, -0.25) is 9.59 Å². The van der Waals surface area contributed by atoms with E-state index in [1.165, 1.54) is 5.56 Å². The number of carbonyl (C=O) groups excluding carboxylic acids is 1. The fourth-order valence-corrected chi connectivity index (χ4v) is 3.32. The third kappa shape index (κ3) is 5.43. The molecule has 1 heterocycles. The minimum atomic E-state index is -0.189. The summed E-state index contributed by atoms with van der Waals surface area (Å²) >= 11 is 1.05. The molecule has 28 heavy (non-hydrogen) atoms. The summed E-state index contributed by atoms with van der Waals surface area (Å²) in [5.74, 6) is 0.553. The van der Waals surface area contributed by atoms with Gasteiger partial charge in [-0.05, 0) is 35.9 Å². The van der Waals surface area contributed by atoms with Crippen LogP contribution in [0.3, 0.4) is 0 Å². The lowest BCUT2D eigenvalue weighted by atomic mass is 10.1. The number of H-pyrrole nitrogens is 1. The number of nitrogens with zero attached hydrogens (tertiary/aromatic N) is 1. The summed E-state index contributed by atoms with van der Waals surface area (Å²) in [7, 11) is 1.90. The Balaban J connectivity index is 1.44. The normalized spacial score (nSPS) is 10.5. The van der Waals surface area contributed by atoms with Crippen LogP contribution in [0.15, 0.2) is 53.3 Å². The molecular formula is C20H22N4O3S. The molecule has 0 unspecified atom stereocenters. The molecule has 0 aliphatic rings. The molecule has 3 aromatic rings. The SMILES string of the molecule is CNc1ccccc1CCOc1ccc(C(=O)NCCc2n[nH]c(=O)s2)cc1. The summed E-state index contributed by atoms with van der Waals surface area (Å²) < 4.78 is 5.79. The maximum atomic E-state index is 12.2. The lowest BCUT2D eigenvalue weighted by molar-refractivity contribution is 0.0954. The molecular weight excluding hydrogens is 376 g/mol. The van der Waals surface area contributed by atoms with Crippen LogP contribution in [0.25, 0.3) is 0 Å².